The Morgan fingerprint density at radius 1 is 1.27 bits per heavy atom. The molecular formula is C16H21N3O3. The number of benzene rings is 1. The number of rotatable bonds is 4. The molecule has 2 amide bonds. The van der Waals surface area contributed by atoms with Gasteiger partial charge in [-0.15, -0.1) is 0 Å². The maximum absolute atomic E-state index is 12.2. The van der Waals surface area contributed by atoms with Gasteiger partial charge in [0.25, 0.3) is 0 Å². The van der Waals surface area contributed by atoms with E-state index in [9.17, 15) is 9.59 Å². The molecule has 1 unspecified atom stereocenters. The quantitative estimate of drug-likeness (QED) is 0.871. The van der Waals surface area contributed by atoms with Crippen LogP contribution in [0.3, 0.4) is 0 Å². The lowest BCUT2D eigenvalue weighted by Crippen LogP contribution is -2.36. The standard InChI is InChI=1S/C16H21N3O3/c17-16(21)13-9-15(20)19(11-13)14-4-2-1-3-12(14)10-18-5-7-22-8-6-18/h1-4,13H,5-11H2,(H2,17,21). The zero-order chi connectivity index (χ0) is 15.5. The Bertz CT molecular complexity index is 570. The molecule has 22 heavy (non-hydrogen) atoms. The number of hydrogen-bond acceptors (Lipinski definition) is 4. The van der Waals surface area contributed by atoms with Gasteiger partial charge >= 0.3 is 0 Å². The first-order valence-corrected chi connectivity index (χ1v) is 7.63. The van der Waals surface area contributed by atoms with Gasteiger partial charge in [0.2, 0.25) is 11.8 Å². The van der Waals surface area contributed by atoms with Crippen LogP contribution in [0.5, 0.6) is 0 Å². The number of hydrogen-bond donors (Lipinski definition) is 1. The summed E-state index contributed by atoms with van der Waals surface area (Å²) < 4.78 is 5.37. The molecule has 2 aliphatic heterocycles. The highest BCUT2D eigenvalue weighted by molar-refractivity contribution is 6.00. The predicted molar refractivity (Wildman–Crippen MR) is 82.2 cm³/mol. The van der Waals surface area contributed by atoms with Crippen molar-refractivity contribution in [3.63, 3.8) is 0 Å². The predicted octanol–water partition coefficient (Wildman–Crippen LogP) is 0.357. The molecule has 6 nitrogen and oxygen atoms in total. The van der Waals surface area contributed by atoms with Crippen LogP contribution >= 0.6 is 0 Å². The zero-order valence-corrected chi connectivity index (χ0v) is 12.5. The highest BCUT2D eigenvalue weighted by Crippen LogP contribution is 2.29. The first-order valence-electron chi connectivity index (χ1n) is 7.63. The van der Waals surface area contributed by atoms with Crippen LogP contribution in [0.1, 0.15) is 12.0 Å². The van der Waals surface area contributed by atoms with E-state index in [1.165, 1.54) is 0 Å². The van der Waals surface area contributed by atoms with Crippen LogP contribution < -0.4 is 10.6 Å². The summed E-state index contributed by atoms with van der Waals surface area (Å²) in [6.45, 7) is 4.44. The SMILES string of the molecule is NC(=O)C1CC(=O)N(c2ccccc2CN2CCOCC2)C1. The van der Waals surface area contributed by atoms with Crippen LogP contribution in [-0.4, -0.2) is 49.6 Å². The molecule has 0 bridgehead atoms. The number of nitrogens with zero attached hydrogens (tertiary/aromatic N) is 2. The van der Waals surface area contributed by atoms with E-state index < -0.39 is 5.91 Å². The fourth-order valence-corrected chi connectivity index (χ4v) is 3.04. The molecule has 2 heterocycles. The van der Waals surface area contributed by atoms with Crippen LogP contribution in [0.15, 0.2) is 24.3 Å². The van der Waals surface area contributed by atoms with Gasteiger partial charge in [0.15, 0.2) is 0 Å². The first-order chi connectivity index (χ1) is 10.6. The summed E-state index contributed by atoms with van der Waals surface area (Å²) in [4.78, 5) is 27.6. The number of primary amides is 1. The van der Waals surface area contributed by atoms with Gasteiger partial charge in [-0.3, -0.25) is 14.5 Å². The molecule has 1 aromatic rings. The lowest BCUT2D eigenvalue weighted by molar-refractivity contribution is -0.123. The molecule has 0 radical (unpaired) electrons. The number of amides is 2. The lowest BCUT2D eigenvalue weighted by Gasteiger charge is -2.28. The van der Waals surface area contributed by atoms with Crippen LogP contribution in [0.4, 0.5) is 5.69 Å². The van der Waals surface area contributed by atoms with Gasteiger partial charge in [-0.05, 0) is 11.6 Å². The Labute approximate surface area is 129 Å². The van der Waals surface area contributed by atoms with Crippen LogP contribution in [0.2, 0.25) is 0 Å². The lowest BCUT2D eigenvalue weighted by atomic mass is 10.1. The summed E-state index contributed by atoms with van der Waals surface area (Å²) in [7, 11) is 0. The number of carbonyl (C=O) groups excluding carboxylic acids is 2. The molecule has 6 heteroatoms. The third-order valence-corrected chi connectivity index (χ3v) is 4.31. The molecule has 2 N–H and O–H groups in total. The van der Waals surface area contributed by atoms with E-state index in [2.05, 4.69) is 4.90 Å². The fraction of sp³-hybridized carbons (Fsp3) is 0.500. The summed E-state index contributed by atoms with van der Waals surface area (Å²) in [6, 6.07) is 7.88. The molecule has 0 aromatic heterocycles. The van der Waals surface area contributed by atoms with Gasteiger partial charge in [-0.25, -0.2) is 0 Å². The van der Waals surface area contributed by atoms with Gasteiger partial charge in [-0.1, -0.05) is 18.2 Å². The monoisotopic (exact) mass is 303 g/mol. The second-order valence-electron chi connectivity index (χ2n) is 5.82. The van der Waals surface area contributed by atoms with Crippen LogP contribution in [0.25, 0.3) is 0 Å². The number of ether oxygens (including phenoxy) is 1. The van der Waals surface area contributed by atoms with E-state index in [0.29, 0.717) is 6.54 Å². The second-order valence-corrected chi connectivity index (χ2v) is 5.82. The Morgan fingerprint density at radius 2 is 2.00 bits per heavy atom. The van der Waals surface area contributed by atoms with E-state index in [1.54, 1.807) is 4.90 Å². The molecule has 0 spiro atoms. The van der Waals surface area contributed by atoms with E-state index in [4.69, 9.17) is 10.5 Å². The molecule has 0 saturated carbocycles. The van der Waals surface area contributed by atoms with E-state index in [-0.39, 0.29) is 18.2 Å². The number of anilines is 1. The van der Waals surface area contributed by atoms with Gasteiger partial charge in [0.05, 0.1) is 19.1 Å². The van der Waals surface area contributed by atoms with Crippen molar-refractivity contribution in [3.05, 3.63) is 29.8 Å². The number of para-hydroxylation sites is 1. The molecule has 1 aromatic carbocycles. The Hall–Kier alpha value is -1.92. The maximum Gasteiger partial charge on any atom is 0.227 e. The summed E-state index contributed by atoms with van der Waals surface area (Å²) in [5, 5.41) is 0. The Morgan fingerprint density at radius 3 is 2.68 bits per heavy atom. The minimum atomic E-state index is -0.401. The van der Waals surface area contributed by atoms with E-state index in [0.717, 1.165) is 44.1 Å². The maximum atomic E-state index is 12.2. The number of carbonyl (C=O) groups is 2. The van der Waals surface area contributed by atoms with Crippen molar-refractivity contribution < 1.29 is 14.3 Å². The van der Waals surface area contributed by atoms with Gasteiger partial charge in [-0.2, -0.15) is 0 Å². The third kappa shape index (κ3) is 3.13. The molecule has 1 atom stereocenters. The van der Waals surface area contributed by atoms with Crippen molar-refractivity contribution in [2.75, 3.05) is 37.7 Å². The van der Waals surface area contributed by atoms with E-state index in [1.807, 2.05) is 24.3 Å². The Balaban J connectivity index is 1.79. The van der Waals surface area contributed by atoms with Crippen LogP contribution in [-0.2, 0) is 20.9 Å². The summed E-state index contributed by atoms with van der Waals surface area (Å²) in [6.07, 6.45) is 0.210. The number of nitrogens with two attached hydrogens (primary N) is 1. The van der Waals surface area contributed by atoms with E-state index >= 15 is 0 Å². The summed E-state index contributed by atoms with van der Waals surface area (Å²) in [5.74, 6) is -0.816. The van der Waals surface area contributed by atoms with Crippen molar-refractivity contribution in [1.82, 2.24) is 4.90 Å². The molecule has 3 rings (SSSR count). The third-order valence-electron chi connectivity index (χ3n) is 4.31. The normalized spacial score (nSPS) is 23.0. The summed E-state index contributed by atoms with van der Waals surface area (Å²) >= 11 is 0. The first kappa shape index (κ1) is 15.0. The van der Waals surface area contributed by atoms with Gasteiger partial charge < -0.3 is 15.4 Å². The smallest absolute Gasteiger partial charge is 0.227 e. The van der Waals surface area contributed by atoms with Crippen molar-refractivity contribution in [1.29, 1.82) is 0 Å². The number of morpholine rings is 1. The highest BCUT2D eigenvalue weighted by atomic mass is 16.5. The molecule has 2 saturated heterocycles. The molecular weight excluding hydrogens is 282 g/mol. The highest BCUT2D eigenvalue weighted by Gasteiger charge is 2.34. The van der Waals surface area contributed by atoms with Gasteiger partial charge in [0, 0.05) is 38.3 Å². The van der Waals surface area contributed by atoms with Gasteiger partial charge in [0.1, 0.15) is 0 Å². The van der Waals surface area contributed by atoms with Crippen LogP contribution in [0, 0.1) is 5.92 Å². The van der Waals surface area contributed by atoms with Crippen molar-refractivity contribution in [3.8, 4) is 0 Å². The summed E-state index contributed by atoms with van der Waals surface area (Å²) in [5.41, 5.74) is 7.34. The van der Waals surface area contributed by atoms with Crippen molar-refractivity contribution >= 4 is 17.5 Å². The van der Waals surface area contributed by atoms with Crippen molar-refractivity contribution in [2.45, 2.75) is 13.0 Å². The zero-order valence-electron chi connectivity index (χ0n) is 12.5. The minimum absolute atomic E-state index is 0.0294. The molecule has 2 aliphatic rings. The minimum Gasteiger partial charge on any atom is -0.379 e. The second kappa shape index (κ2) is 6.46. The Kier molecular flexibility index (Phi) is 4.40. The molecule has 0 aliphatic carbocycles. The van der Waals surface area contributed by atoms with Crippen molar-refractivity contribution in [2.24, 2.45) is 11.7 Å². The fourth-order valence-electron chi connectivity index (χ4n) is 3.04. The average Bonchev–Trinajstić information content (AvgIpc) is 2.91. The molecule has 118 valence electrons. The largest absolute Gasteiger partial charge is 0.379 e. The topological polar surface area (TPSA) is 75.9 Å². The molecule has 2 fully saturated rings. The average molecular weight is 303 g/mol.